The second-order valence-corrected chi connectivity index (χ2v) is 3.75. The SMILES string of the molecule is CCCc1nc(N)nc2cccc(C)c12. The molecule has 3 nitrogen and oxygen atoms in total. The number of anilines is 1. The number of hydrogen-bond donors (Lipinski definition) is 1. The third-order valence-electron chi connectivity index (χ3n) is 2.51. The Morgan fingerprint density at radius 2 is 2.07 bits per heavy atom. The highest BCUT2D eigenvalue weighted by Gasteiger charge is 2.07. The summed E-state index contributed by atoms with van der Waals surface area (Å²) >= 11 is 0. The molecule has 0 amide bonds. The number of aromatic nitrogens is 2. The summed E-state index contributed by atoms with van der Waals surface area (Å²) in [6.45, 7) is 4.23. The van der Waals surface area contributed by atoms with Crippen LogP contribution in [0.25, 0.3) is 10.9 Å². The average Bonchev–Trinajstić information content (AvgIpc) is 2.17. The van der Waals surface area contributed by atoms with Crippen molar-refractivity contribution in [2.75, 3.05) is 5.73 Å². The Labute approximate surface area is 89.4 Å². The zero-order valence-electron chi connectivity index (χ0n) is 9.12. The number of benzene rings is 1. The van der Waals surface area contributed by atoms with Gasteiger partial charge in [-0.2, -0.15) is 0 Å². The van der Waals surface area contributed by atoms with Gasteiger partial charge in [-0.3, -0.25) is 0 Å². The molecule has 0 saturated heterocycles. The van der Waals surface area contributed by atoms with Crippen molar-refractivity contribution in [3.63, 3.8) is 0 Å². The van der Waals surface area contributed by atoms with Gasteiger partial charge in [-0.15, -0.1) is 0 Å². The van der Waals surface area contributed by atoms with Crippen LogP contribution >= 0.6 is 0 Å². The molecule has 1 aromatic carbocycles. The number of nitrogens with two attached hydrogens (primary N) is 1. The summed E-state index contributed by atoms with van der Waals surface area (Å²) in [4.78, 5) is 8.56. The van der Waals surface area contributed by atoms with Gasteiger partial charge >= 0.3 is 0 Å². The van der Waals surface area contributed by atoms with E-state index in [0.29, 0.717) is 5.95 Å². The van der Waals surface area contributed by atoms with Gasteiger partial charge < -0.3 is 5.73 Å². The molecular formula is C12H15N3. The molecule has 0 saturated carbocycles. The van der Waals surface area contributed by atoms with Gasteiger partial charge in [-0.1, -0.05) is 25.5 Å². The van der Waals surface area contributed by atoms with Crippen molar-refractivity contribution in [1.82, 2.24) is 9.97 Å². The Balaban J connectivity index is 2.76. The van der Waals surface area contributed by atoms with Crippen LogP contribution in [0.5, 0.6) is 0 Å². The fourth-order valence-corrected chi connectivity index (χ4v) is 1.88. The van der Waals surface area contributed by atoms with E-state index >= 15 is 0 Å². The first-order chi connectivity index (χ1) is 7.22. The van der Waals surface area contributed by atoms with E-state index in [9.17, 15) is 0 Å². The standard InChI is InChI=1S/C12H15N3/c1-3-5-9-11-8(2)6-4-7-10(11)15-12(13)14-9/h4,6-7H,3,5H2,1-2H3,(H2,13,14,15). The molecule has 0 atom stereocenters. The third-order valence-corrected chi connectivity index (χ3v) is 2.51. The molecule has 0 bridgehead atoms. The van der Waals surface area contributed by atoms with E-state index in [1.54, 1.807) is 0 Å². The summed E-state index contributed by atoms with van der Waals surface area (Å²) in [5.74, 6) is 0.372. The quantitative estimate of drug-likeness (QED) is 0.812. The second kappa shape index (κ2) is 3.85. The van der Waals surface area contributed by atoms with Gasteiger partial charge in [-0.25, -0.2) is 9.97 Å². The van der Waals surface area contributed by atoms with E-state index in [0.717, 1.165) is 29.4 Å². The van der Waals surface area contributed by atoms with Crippen molar-refractivity contribution in [1.29, 1.82) is 0 Å². The monoisotopic (exact) mass is 201 g/mol. The number of nitrogens with zero attached hydrogens (tertiary/aromatic N) is 2. The van der Waals surface area contributed by atoms with Crippen LogP contribution in [-0.2, 0) is 6.42 Å². The molecule has 2 aromatic rings. The van der Waals surface area contributed by atoms with Gasteiger partial charge in [0, 0.05) is 5.39 Å². The third kappa shape index (κ3) is 1.77. The van der Waals surface area contributed by atoms with Crippen molar-refractivity contribution in [2.45, 2.75) is 26.7 Å². The topological polar surface area (TPSA) is 51.8 Å². The maximum atomic E-state index is 5.68. The molecule has 2 rings (SSSR count). The van der Waals surface area contributed by atoms with E-state index < -0.39 is 0 Å². The highest BCUT2D eigenvalue weighted by molar-refractivity contribution is 5.85. The molecule has 0 spiro atoms. The van der Waals surface area contributed by atoms with Gasteiger partial charge in [0.1, 0.15) is 0 Å². The number of fused-ring (bicyclic) bond motifs is 1. The molecule has 1 heterocycles. The number of rotatable bonds is 2. The lowest BCUT2D eigenvalue weighted by Crippen LogP contribution is -2.01. The van der Waals surface area contributed by atoms with E-state index in [4.69, 9.17) is 5.73 Å². The Kier molecular flexibility index (Phi) is 2.54. The maximum Gasteiger partial charge on any atom is 0.220 e. The summed E-state index contributed by atoms with van der Waals surface area (Å²) in [7, 11) is 0. The lowest BCUT2D eigenvalue weighted by atomic mass is 10.1. The molecule has 0 aliphatic rings. The second-order valence-electron chi connectivity index (χ2n) is 3.75. The molecule has 0 aliphatic carbocycles. The van der Waals surface area contributed by atoms with Crippen molar-refractivity contribution in [2.24, 2.45) is 0 Å². The smallest absolute Gasteiger partial charge is 0.220 e. The zero-order chi connectivity index (χ0) is 10.8. The van der Waals surface area contributed by atoms with Gasteiger partial charge in [0.2, 0.25) is 5.95 Å². The maximum absolute atomic E-state index is 5.68. The number of hydrogen-bond acceptors (Lipinski definition) is 3. The van der Waals surface area contributed by atoms with Crippen LogP contribution in [-0.4, -0.2) is 9.97 Å². The van der Waals surface area contributed by atoms with Crippen LogP contribution in [0.1, 0.15) is 24.6 Å². The normalized spacial score (nSPS) is 10.8. The summed E-state index contributed by atoms with van der Waals surface area (Å²) < 4.78 is 0. The summed E-state index contributed by atoms with van der Waals surface area (Å²) in [6.07, 6.45) is 2.02. The highest BCUT2D eigenvalue weighted by Crippen LogP contribution is 2.21. The molecule has 2 N–H and O–H groups in total. The van der Waals surface area contributed by atoms with Crippen molar-refractivity contribution >= 4 is 16.9 Å². The van der Waals surface area contributed by atoms with Crippen LogP contribution in [0.4, 0.5) is 5.95 Å². The fourth-order valence-electron chi connectivity index (χ4n) is 1.88. The minimum Gasteiger partial charge on any atom is -0.368 e. The summed E-state index contributed by atoms with van der Waals surface area (Å²) in [5.41, 5.74) is 8.92. The predicted molar refractivity (Wildman–Crippen MR) is 62.7 cm³/mol. The highest BCUT2D eigenvalue weighted by atomic mass is 15.0. The van der Waals surface area contributed by atoms with E-state index in [2.05, 4.69) is 29.9 Å². The van der Waals surface area contributed by atoms with Gasteiger partial charge in [0.25, 0.3) is 0 Å². The van der Waals surface area contributed by atoms with Crippen LogP contribution in [0.2, 0.25) is 0 Å². The molecule has 78 valence electrons. The number of aryl methyl sites for hydroxylation is 2. The lowest BCUT2D eigenvalue weighted by Gasteiger charge is -2.07. The lowest BCUT2D eigenvalue weighted by molar-refractivity contribution is 0.889. The first kappa shape index (κ1) is 9.90. The largest absolute Gasteiger partial charge is 0.368 e. The van der Waals surface area contributed by atoms with Crippen LogP contribution in [0, 0.1) is 6.92 Å². The number of nitrogen functional groups attached to an aromatic ring is 1. The summed E-state index contributed by atoms with van der Waals surface area (Å²) in [5, 5.41) is 1.16. The predicted octanol–water partition coefficient (Wildman–Crippen LogP) is 2.47. The van der Waals surface area contributed by atoms with Crippen LogP contribution < -0.4 is 5.73 Å². The Bertz CT molecular complexity index is 491. The fraction of sp³-hybridized carbons (Fsp3) is 0.333. The molecule has 1 aromatic heterocycles. The van der Waals surface area contributed by atoms with Crippen molar-refractivity contribution in [3.05, 3.63) is 29.5 Å². The van der Waals surface area contributed by atoms with Crippen molar-refractivity contribution < 1.29 is 0 Å². The first-order valence-electron chi connectivity index (χ1n) is 5.24. The minimum atomic E-state index is 0.372. The van der Waals surface area contributed by atoms with Crippen molar-refractivity contribution in [3.8, 4) is 0 Å². The Morgan fingerprint density at radius 3 is 2.80 bits per heavy atom. The molecule has 15 heavy (non-hydrogen) atoms. The Hall–Kier alpha value is -1.64. The van der Waals surface area contributed by atoms with E-state index in [-0.39, 0.29) is 0 Å². The molecule has 0 radical (unpaired) electrons. The van der Waals surface area contributed by atoms with Gasteiger partial charge in [0.15, 0.2) is 0 Å². The Morgan fingerprint density at radius 1 is 1.27 bits per heavy atom. The molecular weight excluding hydrogens is 186 g/mol. The molecule has 0 aliphatic heterocycles. The zero-order valence-corrected chi connectivity index (χ0v) is 9.12. The molecule has 0 unspecified atom stereocenters. The van der Waals surface area contributed by atoms with Gasteiger partial charge in [0.05, 0.1) is 11.2 Å². The summed E-state index contributed by atoms with van der Waals surface area (Å²) in [6, 6.07) is 6.07. The van der Waals surface area contributed by atoms with Crippen LogP contribution in [0.15, 0.2) is 18.2 Å². The van der Waals surface area contributed by atoms with E-state index in [1.807, 2.05) is 12.1 Å². The molecule has 3 heteroatoms. The average molecular weight is 201 g/mol. The minimum absolute atomic E-state index is 0.372. The van der Waals surface area contributed by atoms with Crippen LogP contribution in [0.3, 0.4) is 0 Å². The molecule has 0 fully saturated rings. The first-order valence-corrected chi connectivity index (χ1v) is 5.24. The van der Waals surface area contributed by atoms with E-state index in [1.165, 1.54) is 5.56 Å². The van der Waals surface area contributed by atoms with Gasteiger partial charge in [-0.05, 0) is 25.0 Å².